The number of nitrogens with zero attached hydrogens (tertiary/aromatic N) is 2. The molecule has 4 rings (SSSR count). The van der Waals surface area contributed by atoms with Gasteiger partial charge in [0.2, 0.25) is 0 Å². The summed E-state index contributed by atoms with van der Waals surface area (Å²) in [6.45, 7) is 0.698. The van der Waals surface area contributed by atoms with Crippen molar-refractivity contribution in [3.05, 3.63) is 78.1 Å². The second-order valence-electron chi connectivity index (χ2n) is 6.12. The third-order valence-corrected chi connectivity index (χ3v) is 4.47. The molecule has 1 aliphatic heterocycles. The monoisotopic (exact) mass is 345 g/mol. The molecule has 1 amide bonds. The van der Waals surface area contributed by atoms with E-state index >= 15 is 0 Å². The number of hydrogen-bond acceptors (Lipinski definition) is 4. The number of hydrogen-bond donors (Lipinski definition) is 1. The Labute approximate surface area is 152 Å². The van der Waals surface area contributed by atoms with Crippen molar-refractivity contribution in [3.63, 3.8) is 0 Å². The van der Waals surface area contributed by atoms with Crippen LogP contribution in [0.3, 0.4) is 0 Å². The normalized spacial score (nSPS) is 12.6. The summed E-state index contributed by atoms with van der Waals surface area (Å²) in [4.78, 5) is 18.9. The molecule has 0 saturated heterocycles. The molecule has 2 heterocycles. The van der Waals surface area contributed by atoms with Crippen molar-refractivity contribution in [3.8, 4) is 5.75 Å². The fourth-order valence-electron chi connectivity index (χ4n) is 3.15. The van der Waals surface area contributed by atoms with Gasteiger partial charge in [0.1, 0.15) is 11.4 Å². The van der Waals surface area contributed by atoms with Crippen LogP contribution in [0.5, 0.6) is 5.75 Å². The van der Waals surface area contributed by atoms with E-state index in [2.05, 4.69) is 16.4 Å². The van der Waals surface area contributed by atoms with Crippen molar-refractivity contribution in [2.75, 3.05) is 23.9 Å². The van der Waals surface area contributed by atoms with Crippen molar-refractivity contribution in [1.29, 1.82) is 0 Å². The minimum Gasteiger partial charge on any atom is -0.497 e. The van der Waals surface area contributed by atoms with Crippen LogP contribution in [0.2, 0.25) is 0 Å². The van der Waals surface area contributed by atoms with Gasteiger partial charge in [-0.05, 0) is 42.3 Å². The van der Waals surface area contributed by atoms with E-state index < -0.39 is 0 Å². The van der Waals surface area contributed by atoms with E-state index in [-0.39, 0.29) is 5.91 Å². The molecule has 0 fully saturated rings. The van der Waals surface area contributed by atoms with Gasteiger partial charge in [0.25, 0.3) is 5.91 Å². The predicted molar refractivity (Wildman–Crippen MR) is 102 cm³/mol. The number of nitrogens with one attached hydrogen (secondary N) is 1. The molecule has 0 atom stereocenters. The average Bonchev–Trinajstić information content (AvgIpc) is 3.12. The molecule has 0 spiro atoms. The smallest absolute Gasteiger partial charge is 0.276 e. The van der Waals surface area contributed by atoms with E-state index in [0.29, 0.717) is 12.2 Å². The Morgan fingerprint density at radius 2 is 1.96 bits per heavy atom. The summed E-state index contributed by atoms with van der Waals surface area (Å²) in [7, 11) is 1.64. The lowest BCUT2D eigenvalue weighted by atomic mass is 10.2. The van der Waals surface area contributed by atoms with Crippen molar-refractivity contribution in [2.24, 2.45) is 0 Å². The topological polar surface area (TPSA) is 54.5 Å². The Morgan fingerprint density at radius 1 is 1.08 bits per heavy atom. The number of pyridine rings is 1. The summed E-state index contributed by atoms with van der Waals surface area (Å²) in [5.74, 6) is 0.713. The highest BCUT2D eigenvalue weighted by atomic mass is 16.5. The van der Waals surface area contributed by atoms with Crippen molar-refractivity contribution >= 4 is 23.0 Å². The third-order valence-electron chi connectivity index (χ3n) is 4.47. The fraction of sp³-hybridized carbons (Fsp3) is 0.143. The average molecular weight is 345 g/mol. The highest BCUT2D eigenvalue weighted by Crippen LogP contribution is 2.29. The van der Waals surface area contributed by atoms with Crippen LogP contribution in [-0.4, -0.2) is 24.5 Å². The van der Waals surface area contributed by atoms with Gasteiger partial charge in [0.15, 0.2) is 0 Å². The first-order valence-corrected chi connectivity index (χ1v) is 8.51. The molecule has 0 unspecified atom stereocenters. The molecule has 0 radical (unpaired) electrons. The minimum absolute atomic E-state index is 0.0668. The number of rotatable bonds is 4. The zero-order valence-electron chi connectivity index (χ0n) is 14.5. The quantitative estimate of drug-likeness (QED) is 0.775. The molecule has 0 bridgehead atoms. The van der Waals surface area contributed by atoms with Gasteiger partial charge >= 0.3 is 0 Å². The third kappa shape index (κ3) is 3.11. The van der Waals surface area contributed by atoms with Gasteiger partial charge in [0, 0.05) is 24.0 Å². The number of carbonyl (C=O) groups excluding carboxylic acids is 1. The summed E-state index contributed by atoms with van der Waals surface area (Å²) >= 11 is 0. The SMILES string of the molecule is COc1cccc(Nc2ccc(C(=O)N3CCc4ccccc43)nc2)c1. The van der Waals surface area contributed by atoms with E-state index in [1.54, 1.807) is 24.3 Å². The molecule has 0 saturated carbocycles. The van der Waals surface area contributed by atoms with E-state index in [9.17, 15) is 4.79 Å². The summed E-state index contributed by atoms with van der Waals surface area (Å²) in [5, 5.41) is 3.26. The highest BCUT2D eigenvalue weighted by Gasteiger charge is 2.25. The van der Waals surface area contributed by atoms with Gasteiger partial charge in [-0.25, -0.2) is 4.98 Å². The number of fused-ring (bicyclic) bond motifs is 1. The number of methoxy groups -OCH3 is 1. The van der Waals surface area contributed by atoms with Gasteiger partial charge < -0.3 is 15.0 Å². The summed E-state index contributed by atoms with van der Waals surface area (Å²) in [6.07, 6.45) is 2.56. The van der Waals surface area contributed by atoms with Crippen LogP contribution in [0.25, 0.3) is 0 Å². The number of benzene rings is 2. The molecule has 26 heavy (non-hydrogen) atoms. The molecule has 1 N–H and O–H groups in total. The Hall–Kier alpha value is -3.34. The van der Waals surface area contributed by atoms with E-state index in [1.165, 1.54) is 5.56 Å². The molecule has 0 aliphatic carbocycles. The van der Waals surface area contributed by atoms with Crippen LogP contribution in [0, 0.1) is 0 Å². The number of para-hydroxylation sites is 1. The number of carbonyl (C=O) groups is 1. The van der Waals surface area contributed by atoms with Gasteiger partial charge in [0.05, 0.1) is 19.0 Å². The van der Waals surface area contributed by atoms with Crippen molar-refractivity contribution in [1.82, 2.24) is 4.98 Å². The Balaban J connectivity index is 1.50. The van der Waals surface area contributed by atoms with Crippen LogP contribution >= 0.6 is 0 Å². The summed E-state index contributed by atoms with van der Waals surface area (Å²) < 4.78 is 5.22. The van der Waals surface area contributed by atoms with Crippen LogP contribution in [0.15, 0.2) is 66.9 Å². The van der Waals surface area contributed by atoms with Crippen molar-refractivity contribution in [2.45, 2.75) is 6.42 Å². The first-order chi connectivity index (χ1) is 12.7. The van der Waals surface area contributed by atoms with E-state index in [0.717, 1.165) is 29.2 Å². The predicted octanol–water partition coefficient (Wildman–Crippen LogP) is 4.04. The Morgan fingerprint density at radius 3 is 2.77 bits per heavy atom. The van der Waals surface area contributed by atoms with Crippen molar-refractivity contribution < 1.29 is 9.53 Å². The second kappa shape index (κ2) is 6.88. The highest BCUT2D eigenvalue weighted by molar-refractivity contribution is 6.06. The molecule has 5 nitrogen and oxygen atoms in total. The minimum atomic E-state index is -0.0668. The zero-order valence-corrected chi connectivity index (χ0v) is 14.5. The maximum absolute atomic E-state index is 12.8. The van der Waals surface area contributed by atoms with E-state index in [4.69, 9.17) is 4.74 Å². The first kappa shape index (κ1) is 16.1. The Kier molecular flexibility index (Phi) is 4.27. The van der Waals surface area contributed by atoms with Crippen LogP contribution in [0.1, 0.15) is 16.1 Å². The van der Waals surface area contributed by atoms with Gasteiger partial charge in [-0.15, -0.1) is 0 Å². The molecule has 130 valence electrons. The van der Waals surface area contributed by atoms with Gasteiger partial charge in [-0.2, -0.15) is 0 Å². The molecule has 1 aliphatic rings. The summed E-state index contributed by atoms with van der Waals surface area (Å²) in [5.41, 5.74) is 4.35. The van der Waals surface area contributed by atoms with Crippen LogP contribution < -0.4 is 15.0 Å². The first-order valence-electron chi connectivity index (χ1n) is 8.51. The van der Waals surface area contributed by atoms with E-state index in [1.807, 2.05) is 48.5 Å². The van der Waals surface area contributed by atoms with Gasteiger partial charge in [-0.1, -0.05) is 24.3 Å². The number of aromatic nitrogens is 1. The zero-order chi connectivity index (χ0) is 17.9. The summed E-state index contributed by atoms with van der Waals surface area (Å²) in [6, 6.07) is 19.3. The molecular formula is C21H19N3O2. The number of anilines is 3. The van der Waals surface area contributed by atoms with Crippen LogP contribution in [-0.2, 0) is 6.42 Å². The van der Waals surface area contributed by atoms with Gasteiger partial charge in [-0.3, -0.25) is 4.79 Å². The second-order valence-corrected chi connectivity index (χ2v) is 6.12. The maximum Gasteiger partial charge on any atom is 0.276 e. The molecule has 3 aromatic rings. The molecule has 5 heteroatoms. The lowest BCUT2D eigenvalue weighted by Gasteiger charge is -2.17. The Bertz CT molecular complexity index is 938. The number of ether oxygens (including phenoxy) is 1. The molecular weight excluding hydrogens is 326 g/mol. The van der Waals surface area contributed by atoms with Crippen LogP contribution in [0.4, 0.5) is 17.1 Å². The molecule has 1 aromatic heterocycles. The lowest BCUT2D eigenvalue weighted by Crippen LogP contribution is -2.29. The standard InChI is InChI=1S/C21H19N3O2/c1-26-18-7-4-6-16(13-18)23-17-9-10-19(22-14-17)21(25)24-12-11-15-5-2-3-8-20(15)24/h2-10,13-14,23H,11-12H2,1H3. The molecule has 2 aromatic carbocycles. The lowest BCUT2D eigenvalue weighted by molar-refractivity contribution is 0.0984. The largest absolute Gasteiger partial charge is 0.497 e. The maximum atomic E-state index is 12.8. The fourth-order valence-corrected chi connectivity index (χ4v) is 3.15. The number of amides is 1.